The molecule has 11 nitrogen and oxygen atoms in total. The van der Waals surface area contributed by atoms with Crippen LogP contribution in [0.2, 0.25) is 10.0 Å². The molecule has 0 unspecified atom stereocenters. The number of benzene rings is 2. The molecule has 0 spiro atoms. The first-order chi connectivity index (χ1) is 14.3. The Bertz CT molecular complexity index is 1090. The van der Waals surface area contributed by atoms with Gasteiger partial charge in [-0.2, -0.15) is 5.21 Å². The van der Waals surface area contributed by atoms with Gasteiger partial charge < -0.3 is 21.1 Å². The van der Waals surface area contributed by atoms with Gasteiger partial charge in [0, 0.05) is 27.0 Å². The minimum Gasteiger partial charge on any atom is -0.481 e. The minimum atomic E-state index is -1.26. The molecule has 0 saturated carbocycles. The molecule has 0 aliphatic carbocycles. The fourth-order valence-electron chi connectivity index (χ4n) is 2.45. The van der Waals surface area contributed by atoms with E-state index in [9.17, 15) is 14.4 Å². The van der Waals surface area contributed by atoms with Crippen molar-refractivity contribution in [2.75, 3.05) is 16.0 Å². The first-order valence-electron chi connectivity index (χ1n) is 8.24. The number of rotatable bonds is 6. The lowest BCUT2D eigenvalue weighted by atomic mass is 10.1. The number of nitrogens with zero attached hydrogens (tertiary/aromatic N) is 3. The molecule has 0 radical (unpaired) electrons. The predicted molar refractivity (Wildman–Crippen MR) is 110 cm³/mol. The summed E-state index contributed by atoms with van der Waals surface area (Å²) in [6.45, 7) is 0. The molecule has 2 aromatic carbocycles. The molecule has 0 fully saturated rings. The monoisotopic (exact) mass is 449 g/mol. The number of hydrogen-bond acceptors (Lipinski definition) is 6. The van der Waals surface area contributed by atoms with Crippen LogP contribution in [0.15, 0.2) is 36.4 Å². The lowest BCUT2D eigenvalue weighted by molar-refractivity contribution is -0.139. The Labute approximate surface area is 178 Å². The van der Waals surface area contributed by atoms with Crippen molar-refractivity contribution in [2.24, 2.45) is 0 Å². The molecule has 3 aromatic rings. The van der Waals surface area contributed by atoms with Crippen molar-refractivity contribution in [3.05, 3.63) is 46.4 Å². The van der Waals surface area contributed by atoms with Crippen LogP contribution >= 0.6 is 23.2 Å². The summed E-state index contributed by atoms with van der Waals surface area (Å²) in [5.74, 6) is -1.83. The number of carbonyl (C=O) groups is 3. The molecule has 5 N–H and O–H groups in total. The number of amides is 3. The zero-order valence-electron chi connectivity index (χ0n) is 14.9. The average molecular weight is 450 g/mol. The molecule has 1 heterocycles. The second kappa shape index (κ2) is 9.20. The number of aliphatic carboxylic acids is 1. The quantitative estimate of drug-likeness (QED) is 0.360. The molecule has 30 heavy (non-hydrogen) atoms. The van der Waals surface area contributed by atoms with E-state index in [1.54, 1.807) is 0 Å². The summed E-state index contributed by atoms with van der Waals surface area (Å²) in [4.78, 5) is 34.8. The third-order valence-electron chi connectivity index (χ3n) is 3.57. The van der Waals surface area contributed by atoms with Crippen LogP contribution in [0.1, 0.15) is 6.42 Å². The molecule has 0 aliphatic rings. The topological polar surface area (TPSA) is 162 Å². The fourth-order valence-corrected chi connectivity index (χ4v) is 2.97. The van der Waals surface area contributed by atoms with E-state index in [1.165, 1.54) is 36.4 Å². The summed E-state index contributed by atoms with van der Waals surface area (Å²) >= 11 is 11.8. The number of carbonyl (C=O) groups excluding carboxylic acids is 2. The maximum atomic E-state index is 12.4. The van der Waals surface area contributed by atoms with E-state index in [1.807, 2.05) is 0 Å². The number of anilines is 3. The van der Waals surface area contributed by atoms with E-state index >= 15 is 0 Å². The summed E-state index contributed by atoms with van der Waals surface area (Å²) in [5.41, 5.74) is 1.30. The highest BCUT2D eigenvalue weighted by atomic mass is 35.5. The summed E-state index contributed by atoms with van der Waals surface area (Å²) in [6, 6.07) is 8.42. The Morgan fingerprint density at radius 1 is 0.967 bits per heavy atom. The standard InChI is InChI=1S/C17H13Cl2N7O4/c18-8-3-9(19)5-11(4-8)21-17(30)22-13-2-1-10(20-14(27)7-15(28)29)6-12(13)16-23-25-26-24-16/h1-6H,7H2,(H,20,27)(H,28,29)(H2,21,22,30)(H,23,24,25,26). The van der Waals surface area contributed by atoms with Gasteiger partial charge in [0.05, 0.1) is 5.69 Å². The number of carboxylic acids is 1. The Kier molecular flexibility index (Phi) is 6.45. The minimum absolute atomic E-state index is 0.144. The van der Waals surface area contributed by atoms with E-state index in [4.69, 9.17) is 28.3 Å². The van der Waals surface area contributed by atoms with Crippen LogP contribution in [-0.4, -0.2) is 43.6 Å². The Hall–Kier alpha value is -3.70. The van der Waals surface area contributed by atoms with E-state index < -0.39 is 24.3 Å². The molecule has 154 valence electrons. The summed E-state index contributed by atoms with van der Waals surface area (Å²) in [7, 11) is 0. The number of halogens is 2. The highest BCUT2D eigenvalue weighted by Gasteiger charge is 2.15. The van der Waals surface area contributed by atoms with Gasteiger partial charge in [0.1, 0.15) is 6.42 Å². The molecule has 0 saturated heterocycles. The zero-order chi connectivity index (χ0) is 21.7. The highest BCUT2D eigenvalue weighted by molar-refractivity contribution is 6.35. The van der Waals surface area contributed by atoms with Crippen LogP contribution in [-0.2, 0) is 9.59 Å². The number of nitrogens with one attached hydrogen (secondary N) is 4. The smallest absolute Gasteiger partial charge is 0.323 e. The molecule has 13 heteroatoms. The maximum Gasteiger partial charge on any atom is 0.323 e. The molecule has 1 aromatic heterocycles. The average Bonchev–Trinajstić information content (AvgIpc) is 3.15. The Morgan fingerprint density at radius 3 is 2.33 bits per heavy atom. The van der Waals surface area contributed by atoms with Gasteiger partial charge in [-0.25, -0.2) is 4.79 Å². The van der Waals surface area contributed by atoms with Gasteiger partial charge in [-0.15, -0.1) is 10.2 Å². The number of aromatic nitrogens is 4. The first-order valence-corrected chi connectivity index (χ1v) is 8.99. The third-order valence-corrected chi connectivity index (χ3v) is 4.01. The molecule has 0 atom stereocenters. The number of hydrogen-bond donors (Lipinski definition) is 5. The Balaban J connectivity index is 1.82. The number of H-pyrrole nitrogens is 1. The van der Waals surface area contributed by atoms with Gasteiger partial charge in [-0.3, -0.25) is 9.59 Å². The third kappa shape index (κ3) is 5.65. The van der Waals surface area contributed by atoms with Gasteiger partial charge >= 0.3 is 12.0 Å². The molecule has 0 bridgehead atoms. The van der Waals surface area contributed by atoms with Gasteiger partial charge in [0.2, 0.25) is 11.7 Å². The van der Waals surface area contributed by atoms with Crippen molar-refractivity contribution in [2.45, 2.75) is 6.42 Å². The van der Waals surface area contributed by atoms with E-state index in [2.05, 4.69) is 36.6 Å². The molecular formula is C17H13Cl2N7O4. The van der Waals surface area contributed by atoms with E-state index in [-0.39, 0.29) is 11.5 Å². The zero-order valence-corrected chi connectivity index (χ0v) is 16.5. The van der Waals surface area contributed by atoms with E-state index in [0.29, 0.717) is 27.0 Å². The van der Waals surface area contributed by atoms with Crippen molar-refractivity contribution >= 4 is 58.2 Å². The van der Waals surface area contributed by atoms with Crippen LogP contribution in [0.4, 0.5) is 21.9 Å². The van der Waals surface area contributed by atoms with E-state index in [0.717, 1.165) is 0 Å². The highest BCUT2D eigenvalue weighted by Crippen LogP contribution is 2.29. The SMILES string of the molecule is O=C(O)CC(=O)Nc1ccc(NC(=O)Nc2cc(Cl)cc(Cl)c2)c(-c2nn[nH]n2)c1. The maximum absolute atomic E-state index is 12.4. The summed E-state index contributed by atoms with van der Waals surface area (Å²) in [6.07, 6.45) is -0.692. The number of carboxylic acid groups (broad SMARTS) is 1. The summed E-state index contributed by atoms with van der Waals surface area (Å²) < 4.78 is 0. The molecular weight excluding hydrogens is 437 g/mol. The lowest BCUT2D eigenvalue weighted by Gasteiger charge is -2.13. The predicted octanol–water partition coefficient (Wildman–Crippen LogP) is 3.23. The Morgan fingerprint density at radius 2 is 1.70 bits per heavy atom. The van der Waals surface area contributed by atoms with Crippen LogP contribution in [0.5, 0.6) is 0 Å². The number of tetrazole rings is 1. The van der Waals surface area contributed by atoms with Crippen molar-refractivity contribution < 1.29 is 19.5 Å². The van der Waals surface area contributed by atoms with Crippen molar-refractivity contribution in [3.8, 4) is 11.4 Å². The second-order valence-corrected chi connectivity index (χ2v) is 6.72. The molecule has 3 rings (SSSR count). The molecule has 0 aliphatic heterocycles. The van der Waals surface area contributed by atoms with Crippen molar-refractivity contribution in [1.82, 2.24) is 20.6 Å². The van der Waals surface area contributed by atoms with Gasteiger partial charge in [0.15, 0.2) is 0 Å². The van der Waals surface area contributed by atoms with Crippen LogP contribution in [0, 0.1) is 0 Å². The van der Waals surface area contributed by atoms with Crippen LogP contribution < -0.4 is 16.0 Å². The largest absolute Gasteiger partial charge is 0.481 e. The van der Waals surface area contributed by atoms with Crippen molar-refractivity contribution in [1.29, 1.82) is 0 Å². The fraction of sp³-hybridized carbons (Fsp3) is 0.0588. The van der Waals surface area contributed by atoms with Gasteiger partial charge in [-0.1, -0.05) is 23.2 Å². The number of aromatic amines is 1. The van der Waals surface area contributed by atoms with Gasteiger partial charge in [-0.05, 0) is 41.6 Å². The van der Waals surface area contributed by atoms with Crippen LogP contribution in [0.25, 0.3) is 11.4 Å². The summed E-state index contributed by atoms with van der Waals surface area (Å²) in [5, 5.41) is 30.6. The first kappa shape index (κ1) is 21.0. The lowest BCUT2D eigenvalue weighted by Crippen LogP contribution is -2.20. The van der Waals surface area contributed by atoms with Crippen LogP contribution in [0.3, 0.4) is 0 Å². The molecule has 3 amide bonds. The second-order valence-electron chi connectivity index (χ2n) is 5.85. The van der Waals surface area contributed by atoms with Gasteiger partial charge in [0.25, 0.3) is 0 Å². The normalized spacial score (nSPS) is 10.3. The number of urea groups is 1. The van der Waals surface area contributed by atoms with Crippen molar-refractivity contribution in [3.63, 3.8) is 0 Å².